The van der Waals surface area contributed by atoms with E-state index in [9.17, 15) is 14.4 Å². The number of carbonyl (C=O) groups is 3. The number of anilines is 2. The molecule has 5 rings (SSSR count). The van der Waals surface area contributed by atoms with Crippen LogP contribution in [0.4, 0.5) is 10.8 Å². The second-order valence-electron chi connectivity index (χ2n) is 9.26. The molecule has 7 N–H and O–H groups in total. The molecule has 0 radical (unpaired) electrons. The summed E-state index contributed by atoms with van der Waals surface area (Å²) in [6.07, 6.45) is 1.99. The molecule has 3 aromatic carbocycles. The normalized spacial score (nSPS) is 12.5. The van der Waals surface area contributed by atoms with Crippen molar-refractivity contribution in [3.05, 3.63) is 99.9 Å². The van der Waals surface area contributed by atoms with Crippen molar-refractivity contribution in [1.82, 2.24) is 15.6 Å². The van der Waals surface area contributed by atoms with E-state index in [1.807, 2.05) is 36.4 Å². The van der Waals surface area contributed by atoms with Crippen LogP contribution in [0, 0.1) is 0 Å². The van der Waals surface area contributed by atoms with Crippen LogP contribution in [0.3, 0.4) is 0 Å². The molecule has 0 unspecified atom stereocenters. The highest BCUT2D eigenvalue weighted by Crippen LogP contribution is 2.34. The van der Waals surface area contributed by atoms with Crippen LogP contribution in [0.5, 0.6) is 0 Å². The van der Waals surface area contributed by atoms with Crippen LogP contribution in [-0.4, -0.2) is 28.7 Å². The fourth-order valence-electron chi connectivity index (χ4n) is 4.00. The Morgan fingerprint density at radius 3 is 2.31 bits per heavy atom. The number of benzene rings is 3. The van der Waals surface area contributed by atoms with Crippen molar-refractivity contribution in [1.29, 1.82) is 0 Å². The lowest BCUT2D eigenvalue weighted by Crippen LogP contribution is -2.25. The monoisotopic (exact) mass is 540 g/mol. The Hall–Kier alpha value is -4.54. The number of rotatable bonds is 10. The van der Waals surface area contributed by atoms with Crippen molar-refractivity contribution in [2.24, 2.45) is 11.5 Å². The quantitative estimate of drug-likeness (QED) is 0.205. The van der Waals surface area contributed by atoms with Crippen LogP contribution in [0.1, 0.15) is 54.4 Å². The number of nitrogens with zero attached hydrogens (tertiary/aromatic N) is 1. The minimum atomic E-state index is -0.539. The molecule has 0 spiro atoms. The molecule has 39 heavy (non-hydrogen) atoms. The summed E-state index contributed by atoms with van der Waals surface area (Å²) in [5.41, 5.74) is 15.8. The summed E-state index contributed by atoms with van der Waals surface area (Å²) in [5.74, 6) is -0.961. The molecule has 1 aliphatic carbocycles. The SMILES string of the molecule is NCc1ccc(C(=O)NC2CC2)cc1Nc1nc(-c2ccc(C(N)=O)cc2)c(C(=O)NCc2ccccc2)s1. The third kappa shape index (κ3) is 6.31. The summed E-state index contributed by atoms with van der Waals surface area (Å²) in [6.45, 7) is 0.611. The molecule has 1 saturated carbocycles. The van der Waals surface area contributed by atoms with Crippen LogP contribution in [0.25, 0.3) is 11.3 Å². The van der Waals surface area contributed by atoms with Crippen LogP contribution >= 0.6 is 11.3 Å². The first-order valence-electron chi connectivity index (χ1n) is 12.6. The number of hydrogen-bond acceptors (Lipinski definition) is 7. The zero-order valence-corrected chi connectivity index (χ0v) is 21.9. The highest BCUT2D eigenvalue weighted by molar-refractivity contribution is 7.18. The van der Waals surface area contributed by atoms with E-state index in [1.165, 1.54) is 11.3 Å². The Labute approximate surface area is 229 Å². The van der Waals surface area contributed by atoms with Gasteiger partial charge in [0.15, 0.2) is 5.13 Å². The van der Waals surface area contributed by atoms with Gasteiger partial charge in [-0.25, -0.2) is 4.98 Å². The predicted octanol–water partition coefficient (Wildman–Crippen LogP) is 3.93. The topological polar surface area (TPSA) is 152 Å². The Morgan fingerprint density at radius 2 is 1.64 bits per heavy atom. The molecule has 1 aliphatic rings. The molecule has 0 saturated heterocycles. The summed E-state index contributed by atoms with van der Waals surface area (Å²) in [7, 11) is 0. The first-order chi connectivity index (χ1) is 18.9. The van der Waals surface area contributed by atoms with E-state index in [4.69, 9.17) is 16.5 Å². The maximum Gasteiger partial charge on any atom is 0.264 e. The number of aromatic nitrogens is 1. The molecule has 1 heterocycles. The third-order valence-electron chi connectivity index (χ3n) is 6.32. The molecular weight excluding hydrogens is 512 g/mol. The van der Waals surface area contributed by atoms with E-state index in [2.05, 4.69) is 16.0 Å². The molecule has 3 amide bonds. The predicted molar refractivity (Wildman–Crippen MR) is 152 cm³/mol. The Morgan fingerprint density at radius 1 is 0.923 bits per heavy atom. The van der Waals surface area contributed by atoms with Gasteiger partial charge < -0.3 is 27.4 Å². The van der Waals surface area contributed by atoms with E-state index in [-0.39, 0.29) is 24.4 Å². The fraction of sp³-hybridized carbons (Fsp3) is 0.172. The van der Waals surface area contributed by atoms with E-state index >= 15 is 0 Å². The van der Waals surface area contributed by atoms with Gasteiger partial charge in [-0.3, -0.25) is 14.4 Å². The lowest BCUT2D eigenvalue weighted by molar-refractivity contribution is 0.0944. The summed E-state index contributed by atoms with van der Waals surface area (Å²) >= 11 is 1.19. The molecule has 0 bridgehead atoms. The lowest BCUT2D eigenvalue weighted by Gasteiger charge is -2.11. The van der Waals surface area contributed by atoms with Crippen molar-refractivity contribution in [3.8, 4) is 11.3 Å². The fourth-order valence-corrected chi connectivity index (χ4v) is 4.91. The van der Waals surface area contributed by atoms with Crippen molar-refractivity contribution < 1.29 is 14.4 Å². The van der Waals surface area contributed by atoms with Crippen LogP contribution < -0.4 is 27.4 Å². The Kier molecular flexibility index (Phi) is 7.67. The van der Waals surface area contributed by atoms with Gasteiger partial charge in [-0.15, -0.1) is 0 Å². The molecule has 0 atom stereocenters. The molecule has 9 nitrogen and oxygen atoms in total. The lowest BCUT2D eigenvalue weighted by atomic mass is 10.1. The molecule has 10 heteroatoms. The van der Waals surface area contributed by atoms with E-state index in [0.29, 0.717) is 44.6 Å². The third-order valence-corrected chi connectivity index (χ3v) is 7.29. The second-order valence-corrected chi connectivity index (χ2v) is 10.3. The molecule has 198 valence electrons. The highest BCUT2D eigenvalue weighted by atomic mass is 32.1. The van der Waals surface area contributed by atoms with Gasteiger partial charge in [-0.2, -0.15) is 0 Å². The van der Waals surface area contributed by atoms with Crippen molar-refractivity contribution in [2.75, 3.05) is 5.32 Å². The smallest absolute Gasteiger partial charge is 0.264 e. The largest absolute Gasteiger partial charge is 0.366 e. The van der Waals surface area contributed by atoms with Crippen molar-refractivity contribution in [2.45, 2.75) is 32.0 Å². The second kappa shape index (κ2) is 11.5. The maximum absolute atomic E-state index is 13.3. The first-order valence-corrected chi connectivity index (χ1v) is 13.4. The van der Waals surface area contributed by atoms with Crippen LogP contribution in [0.15, 0.2) is 72.8 Å². The van der Waals surface area contributed by atoms with Crippen molar-refractivity contribution >= 4 is 39.9 Å². The zero-order chi connectivity index (χ0) is 27.4. The van der Waals surface area contributed by atoms with E-state index < -0.39 is 5.91 Å². The van der Waals surface area contributed by atoms with Gasteiger partial charge >= 0.3 is 0 Å². The summed E-state index contributed by atoms with van der Waals surface area (Å²) in [5, 5.41) is 9.68. The number of nitrogens with two attached hydrogens (primary N) is 2. The highest BCUT2D eigenvalue weighted by Gasteiger charge is 2.24. The number of amides is 3. The number of nitrogens with one attached hydrogen (secondary N) is 3. The average Bonchev–Trinajstić information content (AvgIpc) is 3.68. The molecule has 4 aromatic rings. The Bertz CT molecular complexity index is 1510. The molecule has 1 fully saturated rings. The standard InChI is InChI=1S/C29H28N6O3S/c30-15-21-11-10-20(27(37)33-22-12-13-22)14-23(21)34-29-35-24(18-6-8-19(9-7-18)26(31)36)25(39-29)28(38)32-16-17-4-2-1-3-5-17/h1-11,14,22H,12-13,15-16,30H2,(H2,31,36)(H,32,38)(H,33,37)(H,34,35). The van der Waals surface area contributed by atoms with Gasteiger partial charge in [0, 0.05) is 41.5 Å². The maximum atomic E-state index is 13.3. The molecule has 1 aromatic heterocycles. The van der Waals surface area contributed by atoms with Gasteiger partial charge in [0.1, 0.15) is 4.88 Å². The number of hydrogen-bond donors (Lipinski definition) is 5. The summed E-state index contributed by atoms with van der Waals surface area (Å²) in [4.78, 5) is 42.6. The zero-order valence-electron chi connectivity index (χ0n) is 21.1. The number of thiazole rings is 1. The molecular formula is C29H28N6O3S. The molecule has 0 aliphatic heterocycles. The summed E-state index contributed by atoms with van der Waals surface area (Å²) in [6, 6.07) is 21.8. The minimum absolute atomic E-state index is 0.139. The van der Waals surface area contributed by atoms with Gasteiger partial charge in [-0.1, -0.05) is 59.9 Å². The van der Waals surface area contributed by atoms with Gasteiger partial charge in [-0.05, 0) is 48.2 Å². The first kappa shape index (κ1) is 26.1. The van der Waals surface area contributed by atoms with Gasteiger partial charge in [0.25, 0.3) is 11.8 Å². The average molecular weight is 541 g/mol. The van der Waals surface area contributed by atoms with Gasteiger partial charge in [0.2, 0.25) is 5.91 Å². The van der Waals surface area contributed by atoms with Crippen molar-refractivity contribution in [3.63, 3.8) is 0 Å². The minimum Gasteiger partial charge on any atom is -0.366 e. The number of carbonyl (C=O) groups excluding carboxylic acids is 3. The van der Waals surface area contributed by atoms with E-state index in [0.717, 1.165) is 24.0 Å². The van der Waals surface area contributed by atoms with Crippen LogP contribution in [-0.2, 0) is 13.1 Å². The Balaban J connectivity index is 1.45. The van der Waals surface area contributed by atoms with E-state index in [1.54, 1.807) is 36.4 Å². The van der Waals surface area contributed by atoms with Crippen LogP contribution in [0.2, 0.25) is 0 Å². The number of primary amides is 1. The van der Waals surface area contributed by atoms with Gasteiger partial charge in [0.05, 0.1) is 5.69 Å². The summed E-state index contributed by atoms with van der Waals surface area (Å²) < 4.78 is 0.